The SMILES string of the molecule is COc1cc2c(cc1C=O)nc(Nc1cc(CNC(=O)C3(C(F)(F)F)CC3)ccc1Cl)n2C. The number of ether oxygens (including phenoxy) is 1. The zero-order valence-corrected chi connectivity index (χ0v) is 18.5. The van der Waals surface area contributed by atoms with Crippen molar-refractivity contribution in [2.75, 3.05) is 12.4 Å². The molecule has 2 N–H and O–H groups in total. The van der Waals surface area contributed by atoms with Gasteiger partial charge in [0.1, 0.15) is 11.2 Å². The van der Waals surface area contributed by atoms with Gasteiger partial charge in [-0.1, -0.05) is 17.7 Å². The monoisotopic (exact) mass is 480 g/mol. The molecule has 1 aliphatic rings. The van der Waals surface area contributed by atoms with Gasteiger partial charge in [-0.25, -0.2) is 4.98 Å². The van der Waals surface area contributed by atoms with Crippen molar-refractivity contribution in [3.8, 4) is 5.75 Å². The highest BCUT2D eigenvalue weighted by atomic mass is 35.5. The third-order valence-corrected chi connectivity index (χ3v) is 6.15. The molecule has 0 bridgehead atoms. The van der Waals surface area contributed by atoms with Gasteiger partial charge in [-0.05, 0) is 36.6 Å². The van der Waals surface area contributed by atoms with E-state index in [1.54, 1.807) is 41.9 Å². The van der Waals surface area contributed by atoms with Crippen LogP contribution in [-0.2, 0) is 18.4 Å². The van der Waals surface area contributed by atoms with Crippen LogP contribution < -0.4 is 15.4 Å². The fourth-order valence-corrected chi connectivity index (χ4v) is 3.80. The van der Waals surface area contributed by atoms with Crippen LogP contribution in [0.3, 0.4) is 0 Å². The highest BCUT2D eigenvalue weighted by Crippen LogP contribution is 2.57. The minimum absolute atomic E-state index is 0.0784. The molecule has 1 aromatic heterocycles. The van der Waals surface area contributed by atoms with E-state index in [2.05, 4.69) is 15.6 Å². The summed E-state index contributed by atoms with van der Waals surface area (Å²) < 4.78 is 46.4. The van der Waals surface area contributed by atoms with Crippen LogP contribution in [0.2, 0.25) is 5.02 Å². The largest absolute Gasteiger partial charge is 0.496 e. The molecule has 33 heavy (non-hydrogen) atoms. The first-order valence-electron chi connectivity index (χ1n) is 10.00. The van der Waals surface area contributed by atoms with E-state index in [0.29, 0.717) is 50.9 Å². The molecule has 11 heteroatoms. The van der Waals surface area contributed by atoms with Gasteiger partial charge in [0.2, 0.25) is 11.9 Å². The van der Waals surface area contributed by atoms with E-state index in [4.69, 9.17) is 16.3 Å². The Hall–Kier alpha value is -3.27. The molecule has 2 aromatic carbocycles. The summed E-state index contributed by atoms with van der Waals surface area (Å²) in [5.41, 5.74) is 0.385. The number of alkyl halides is 3. The van der Waals surface area contributed by atoms with Crippen LogP contribution >= 0.6 is 11.6 Å². The zero-order valence-electron chi connectivity index (χ0n) is 17.7. The number of carbonyl (C=O) groups excluding carboxylic acids is 2. The predicted molar refractivity (Wildman–Crippen MR) is 117 cm³/mol. The van der Waals surface area contributed by atoms with Gasteiger partial charge in [0.15, 0.2) is 6.29 Å². The number of aryl methyl sites for hydroxylation is 1. The number of amides is 1. The maximum Gasteiger partial charge on any atom is 0.403 e. The first-order valence-corrected chi connectivity index (χ1v) is 10.4. The van der Waals surface area contributed by atoms with Crippen molar-refractivity contribution in [2.45, 2.75) is 25.6 Å². The number of nitrogens with zero attached hydrogens (tertiary/aromatic N) is 2. The normalized spacial score (nSPS) is 14.7. The summed E-state index contributed by atoms with van der Waals surface area (Å²) in [7, 11) is 3.23. The van der Waals surface area contributed by atoms with E-state index in [9.17, 15) is 22.8 Å². The summed E-state index contributed by atoms with van der Waals surface area (Å²) in [6, 6.07) is 8.13. The van der Waals surface area contributed by atoms with Crippen molar-refractivity contribution >= 4 is 46.5 Å². The van der Waals surface area contributed by atoms with Crippen molar-refractivity contribution in [1.29, 1.82) is 0 Å². The lowest BCUT2D eigenvalue weighted by Gasteiger charge is -2.18. The van der Waals surface area contributed by atoms with Crippen molar-refractivity contribution in [3.63, 3.8) is 0 Å². The fraction of sp³-hybridized carbons (Fsp3) is 0.318. The highest BCUT2D eigenvalue weighted by Gasteiger charge is 2.68. The Labute approximate surface area is 191 Å². The molecule has 4 rings (SSSR count). The van der Waals surface area contributed by atoms with Gasteiger partial charge in [-0.15, -0.1) is 0 Å². The van der Waals surface area contributed by atoms with Crippen molar-refractivity contribution in [1.82, 2.24) is 14.9 Å². The fourth-order valence-electron chi connectivity index (χ4n) is 3.63. The number of aromatic nitrogens is 2. The van der Waals surface area contributed by atoms with E-state index in [0.717, 1.165) is 0 Å². The third-order valence-electron chi connectivity index (χ3n) is 5.82. The summed E-state index contributed by atoms with van der Waals surface area (Å²) in [5.74, 6) is -0.183. The summed E-state index contributed by atoms with van der Waals surface area (Å²) in [6.45, 7) is -0.0784. The minimum Gasteiger partial charge on any atom is -0.496 e. The van der Waals surface area contributed by atoms with Gasteiger partial charge in [-0.3, -0.25) is 9.59 Å². The Morgan fingerprint density at radius 2 is 2.03 bits per heavy atom. The van der Waals surface area contributed by atoms with E-state index in [1.165, 1.54) is 7.11 Å². The molecule has 0 radical (unpaired) electrons. The average Bonchev–Trinajstić information content (AvgIpc) is 3.55. The molecule has 1 amide bonds. The van der Waals surface area contributed by atoms with E-state index in [1.807, 2.05) is 0 Å². The molecule has 174 valence electrons. The number of hydrogen-bond acceptors (Lipinski definition) is 5. The number of carbonyl (C=O) groups is 2. The van der Waals surface area contributed by atoms with Crippen molar-refractivity contribution < 1.29 is 27.5 Å². The first kappa shape index (κ1) is 22.9. The smallest absolute Gasteiger partial charge is 0.403 e. The van der Waals surface area contributed by atoms with Crippen molar-refractivity contribution in [3.05, 3.63) is 46.5 Å². The summed E-state index contributed by atoms with van der Waals surface area (Å²) in [5, 5.41) is 5.84. The molecule has 7 nitrogen and oxygen atoms in total. The zero-order chi connectivity index (χ0) is 24.0. The molecule has 0 unspecified atom stereocenters. The van der Waals surface area contributed by atoms with Gasteiger partial charge < -0.3 is 19.9 Å². The van der Waals surface area contributed by atoms with Gasteiger partial charge >= 0.3 is 6.18 Å². The maximum absolute atomic E-state index is 13.1. The molecule has 0 atom stereocenters. The minimum atomic E-state index is -4.56. The Morgan fingerprint density at radius 1 is 1.30 bits per heavy atom. The first-order chi connectivity index (χ1) is 15.6. The third kappa shape index (κ3) is 4.10. The quantitative estimate of drug-likeness (QED) is 0.477. The highest BCUT2D eigenvalue weighted by molar-refractivity contribution is 6.33. The summed E-state index contributed by atoms with van der Waals surface area (Å²) in [6.07, 6.45) is -4.27. The number of halogens is 4. The predicted octanol–water partition coefficient (Wildman–Crippen LogP) is 4.75. The summed E-state index contributed by atoms with van der Waals surface area (Å²) in [4.78, 5) is 27.9. The average molecular weight is 481 g/mol. The number of nitrogens with one attached hydrogen (secondary N) is 2. The van der Waals surface area contributed by atoms with Crippen LogP contribution in [-0.4, -0.2) is 35.0 Å². The number of anilines is 2. The number of benzene rings is 2. The van der Waals surface area contributed by atoms with Gasteiger partial charge in [-0.2, -0.15) is 13.2 Å². The van der Waals surface area contributed by atoms with Crippen LogP contribution in [0.1, 0.15) is 28.8 Å². The van der Waals surface area contributed by atoms with E-state index >= 15 is 0 Å². The molecule has 1 saturated carbocycles. The number of imidazole rings is 1. The summed E-state index contributed by atoms with van der Waals surface area (Å²) >= 11 is 6.30. The maximum atomic E-state index is 13.1. The molecule has 0 spiro atoms. The second-order valence-electron chi connectivity index (χ2n) is 7.90. The van der Waals surface area contributed by atoms with Gasteiger partial charge in [0.05, 0.1) is 34.4 Å². The number of hydrogen-bond donors (Lipinski definition) is 2. The van der Waals surface area contributed by atoms with Crippen LogP contribution in [0.25, 0.3) is 11.0 Å². The van der Waals surface area contributed by atoms with Crippen LogP contribution in [0, 0.1) is 5.41 Å². The number of fused-ring (bicyclic) bond motifs is 1. The molecular weight excluding hydrogens is 461 g/mol. The Kier molecular flexibility index (Phi) is 5.73. The number of aldehydes is 1. The van der Waals surface area contributed by atoms with Gasteiger partial charge in [0, 0.05) is 19.7 Å². The second kappa shape index (κ2) is 8.26. The molecule has 3 aromatic rings. The molecule has 1 heterocycles. The lowest BCUT2D eigenvalue weighted by Crippen LogP contribution is -2.40. The number of rotatable bonds is 7. The topological polar surface area (TPSA) is 85.2 Å². The lowest BCUT2D eigenvalue weighted by molar-refractivity contribution is -0.192. The standard InChI is InChI=1S/C22H20ClF3N4O3/c1-30-17-9-18(33-2)13(11-31)8-16(17)29-20(30)28-15-7-12(3-4-14(15)23)10-27-19(32)21(5-6-21)22(24,25)26/h3-4,7-9,11H,5-6,10H2,1-2H3,(H,27,32)(H,28,29). The molecule has 0 saturated heterocycles. The molecule has 1 fully saturated rings. The Morgan fingerprint density at radius 3 is 2.64 bits per heavy atom. The van der Waals surface area contributed by atoms with Crippen molar-refractivity contribution in [2.24, 2.45) is 12.5 Å². The lowest BCUT2D eigenvalue weighted by atomic mass is 10.1. The molecule has 0 aliphatic heterocycles. The molecular formula is C22H20ClF3N4O3. The number of methoxy groups -OCH3 is 1. The second-order valence-corrected chi connectivity index (χ2v) is 8.30. The van der Waals surface area contributed by atoms with Crippen LogP contribution in [0.15, 0.2) is 30.3 Å². The van der Waals surface area contributed by atoms with E-state index in [-0.39, 0.29) is 19.4 Å². The Balaban J connectivity index is 1.55. The van der Waals surface area contributed by atoms with Crippen LogP contribution in [0.4, 0.5) is 24.8 Å². The van der Waals surface area contributed by atoms with E-state index < -0.39 is 17.5 Å². The Bertz CT molecular complexity index is 1250. The van der Waals surface area contributed by atoms with Gasteiger partial charge in [0.25, 0.3) is 0 Å². The molecule has 1 aliphatic carbocycles. The van der Waals surface area contributed by atoms with Crippen LogP contribution in [0.5, 0.6) is 5.75 Å².